The molecule has 1 unspecified atom stereocenters. The first-order valence-electron chi connectivity index (χ1n) is 9.83. The van der Waals surface area contributed by atoms with Crippen LogP contribution in [0.25, 0.3) is 0 Å². The van der Waals surface area contributed by atoms with Crippen LogP contribution in [0.1, 0.15) is 48.6 Å². The standard InChI is InChI=1S/C21H28N4O5/c1-21(2,3)30-20(28)25-12-10-24(11-13-25)19-22-15(16(23-19)18(27)29-4)17(26)14-8-6-5-7-9-14/h5-9,17,26H,10-13H2,1-4H3,(H,22,23). The first kappa shape index (κ1) is 21.6. The SMILES string of the molecule is COC(=O)c1nc(N2CCN(C(=O)OC(C)(C)C)CC2)[nH]c1C(O)c1ccccc1. The number of nitrogens with zero attached hydrogens (tertiary/aromatic N) is 3. The Morgan fingerprint density at radius 2 is 1.77 bits per heavy atom. The van der Waals surface area contributed by atoms with Crippen LogP contribution in [-0.4, -0.2) is 70.9 Å². The molecule has 1 aliphatic rings. The fourth-order valence-corrected chi connectivity index (χ4v) is 3.20. The summed E-state index contributed by atoms with van der Waals surface area (Å²) in [5.41, 5.74) is 0.399. The van der Waals surface area contributed by atoms with Crippen molar-refractivity contribution in [3.05, 3.63) is 47.3 Å². The molecule has 9 nitrogen and oxygen atoms in total. The zero-order valence-electron chi connectivity index (χ0n) is 17.7. The smallest absolute Gasteiger partial charge is 0.410 e. The van der Waals surface area contributed by atoms with E-state index in [4.69, 9.17) is 9.47 Å². The Kier molecular flexibility index (Phi) is 6.31. The van der Waals surface area contributed by atoms with E-state index in [0.717, 1.165) is 0 Å². The molecule has 1 amide bonds. The Labute approximate surface area is 175 Å². The van der Waals surface area contributed by atoms with Crippen LogP contribution in [-0.2, 0) is 9.47 Å². The minimum atomic E-state index is -1.05. The van der Waals surface area contributed by atoms with Gasteiger partial charge in [0.1, 0.15) is 11.7 Å². The first-order chi connectivity index (χ1) is 14.2. The van der Waals surface area contributed by atoms with Crippen molar-refractivity contribution in [1.29, 1.82) is 0 Å². The number of amides is 1. The minimum absolute atomic E-state index is 0.0402. The van der Waals surface area contributed by atoms with Crippen molar-refractivity contribution < 1.29 is 24.2 Å². The number of nitrogens with one attached hydrogen (secondary N) is 1. The summed E-state index contributed by atoms with van der Waals surface area (Å²) in [4.78, 5) is 35.5. The lowest BCUT2D eigenvalue weighted by Gasteiger charge is -2.35. The van der Waals surface area contributed by atoms with Crippen molar-refractivity contribution >= 4 is 18.0 Å². The average Bonchev–Trinajstić information content (AvgIpc) is 3.17. The van der Waals surface area contributed by atoms with E-state index in [-0.39, 0.29) is 17.5 Å². The third kappa shape index (κ3) is 4.91. The highest BCUT2D eigenvalue weighted by Crippen LogP contribution is 2.27. The van der Waals surface area contributed by atoms with Gasteiger partial charge in [-0.15, -0.1) is 0 Å². The van der Waals surface area contributed by atoms with Gasteiger partial charge >= 0.3 is 12.1 Å². The van der Waals surface area contributed by atoms with Gasteiger partial charge in [0.15, 0.2) is 5.69 Å². The quantitative estimate of drug-likeness (QED) is 0.737. The van der Waals surface area contributed by atoms with Gasteiger partial charge in [-0.1, -0.05) is 30.3 Å². The second-order valence-electron chi connectivity index (χ2n) is 8.08. The number of hydrogen-bond donors (Lipinski definition) is 2. The molecular formula is C21H28N4O5. The summed E-state index contributed by atoms with van der Waals surface area (Å²) in [5.74, 6) is -0.181. The summed E-state index contributed by atoms with van der Waals surface area (Å²) in [5, 5.41) is 10.8. The number of piperazine rings is 1. The predicted molar refractivity (Wildman–Crippen MR) is 110 cm³/mol. The Bertz CT molecular complexity index is 883. The number of ether oxygens (including phenoxy) is 2. The van der Waals surface area contributed by atoms with Gasteiger partial charge in [0, 0.05) is 26.2 Å². The van der Waals surface area contributed by atoms with Gasteiger partial charge in [-0.3, -0.25) is 0 Å². The normalized spacial score (nSPS) is 15.6. The van der Waals surface area contributed by atoms with Crippen LogP contribution < -0.4 is 4.90 Å². The van der Waals surface area contributed by atoms with E-state index in [2.05, 4.69) is 9.97 Å². The van der Waals surface area contributed by atoms with Crippen molar-refractivity contribution in [1.82, 2.24) is 14.9 Å². The summed E-state index contributed by atoms with van der Waals surface area (Å²) in [6, 6.07) is 9.00. The van der Waals surface area contributed by atoms with Crippen molar-refractivity contribution in [3.63, 3.8) is 0 Å². The number of H-pyrrole nitrogens is 1. The van der Waals surface area contributed by atoms with Gasteiger partial charge < -0.3 is 29.4 Å². The third-order valence-electron chi connectivity index (χ3n) is 4.72. The van der Waals surface area contributed by atoms with Crippen LogP contribution in [0.15, 0.2) is 30.3 Å². The third-order valence-corrected chi connectivity index (χ3v) is 4.72. The van der Waals surface area contributed by atoms with Crippen molar-refractivity contribution in [2.45, 2.75) is 32.5 Å². The van der Waals surface area contributed by atoms with E-state index in [0.29, 0.717) is 37.7 Å². The molecule has 2 heterocycles. The van der Waals surface area contributed by atoms with E-state index in [1.54, 1.807) is 17.0 Å². The second-order valence-corrected chi connectivity index (χ2v) is 8.08. The molecule has 0 bridgehead atoms. The van der Waals surface area contributed by atoms with Crippen molar-refractivity contribution in [2.24, 2.45) is 0 Å². The van der Waals surface area contributed by atoms with Gasteiger partial charge in [-0.2, -0.15) is 0 Å². The molecule has 0 aliphatic carbocycles. The molecule has 2 aromatic rings. The molecule has 3 rings (SSSR count). The second kappa shape index (κ2) is 8.74. The number of carbonyl (C=O) groups is 2. The van der Waals surface area contributed by atoms with E-state index >= 15 is 0 Å². The number of carbonyl (C=O) groups excluding carboxylic acids is 2. The molecule has 0 spiro atoms. The number of rotatable bonds is 4. The van der Waals surface area contributed by atoms with Crippen LogP contribution in [0, 0.1) is 0 Å². The zero-order chi connectivity index (χ0) is 21.9. The number of esters is 1. The number of hydrogen-bond acceptors (Lipinski definition) is 7. The molecule has 9 heteroatoms. The Morgan fingerprint density at radius 1 is 1.13 bits per heavy atom. The van der Waals surface area contributed by atoms with Gasteiger partial charge in [0.25, 0.3) is 0 Å². The largest absolute Gasteiger partial charge is 0.464 e. The first-order valence-corrected chi connectivity index (χ1v) is 9.83. The zero-order valence-corrected chi connectivity index (χ0v) is 17.7. The number of aromatic amines is 1. The van der Waals surface area contributed by atoms with Gasteiger partial charge in [0.05, 0.1) is 12.8 Å². The fourth-order valence-electron chi connectivity index (χ4n) is 3.20. The average molecular weight is 416 g/mol. The number of anilines is 1. The predicted octanol–water partition coefficient (Wildman–Crippen LogP) is 2.34. The molecule has 1 atom stereocenters. The van der Waals surface area contributed by atoms with Crippen LogP contribution in [0.4, 0.5) is 10.7 Å². The van der Waals surface area contributed by atoms with E-state index in [1.807, 2.05) is 43.9 Å². The molecule has 1 aliphatic heterocycles. The molecule has 0 radical (unpaired) electrons. The molecule has 0 saturated carbocycles. The number of aliphatic hydroxyl groups is 1. The number of imidazole rings is 1. The maximum Gasteiger partial charge on any atom is 0.410 e. The lowest BCUT2D eigenvalue weighted by atomic mass is 10.1. The lowest BCUT2D eigenvalue weighted by molar-refractivity contribution is 0.0240. The minimum Gasteiger partial charge on any atom is -0.464 e. The highest BCUT2D eigenvalue weighted by Gasteiger charge is 2.30. The Hall–Kier alpha value is -3.07. The molecule has 162 valence electrons. The van der Waals surface area contributed by atoms with E-state index in [1.165, 1.54) is 7.11 Å². The fraction of sp³-hybridized carbons (Fsp3) is 0.476. The molecule has 1 saturated heterocycles. The topological polar surface area (TPSA) is 108 Å². The number of aromatic nitrogens is 2. The molecule has 1 aromatic carbocycles. The summed E-state index contributed by atoms with van der Waals surface area (Å²) < 4.78 is 10.3. The molecule has 1 fully saturated rings. The summed E-state index contributed by atoms with van der Waals surface area (Å²) >= 11 is 0. The van der Waals surface area contributed by atoms with Gasteiger partial charge in [0.2, 0.25) is 5.95 Å². The van der Waals surface area contributed by atoms with Crippen molar-refractivity contribution in [3.8, 4) is 0 Å². The van der Waals surface area contributed by atoms with Crippen LogP contribution in [0.2, 0.25) is 0 Å². The van der Waals surface area contributed by atoms with Crippen LogP contribution in [0.5, 0.6) is 0 Å². The highest BCUT2D eigenvalue weighted by molar-refractivity contribution is 5.89. The summed E-state index contributed by atoms with van der Waals surface area (Å²) in [6.45, 7) is 7.43. The molecule has 1 aromatic heterocycles. The number of methoxy groups -OCH3 is 1. The van der Waals surface area contributed by atoms with E-state index in [9.17, 15) is 14.7 Å². The van der Waals surface area contributed by atoms with Crippen LogP contribution >= 0.6 is 0 Å². The number of aliphatic hydroxyl groups excluding tert-OH is 1. The van der Waals surface area contributed by atoms with Crippen LogP contribution in [0.3, 0.4) is 0 Å². The van der Waals surface area contributed by atoms with Crippen molar-refractivity contribution in [2.75, 3.05) is 38.2 Å². The maximum absolute atomic E-state index is 12.3. The summed E-state index contributed by atoms with van der Waals surface area (Å²) in [6.07, 6.45) is -1.40. The van der Waals surface area contributed by atoms with Gasteiger partial charge in [-0.05, 0) is 26.3 Å². The Balaban J connectivity index is 1.77. The maximum atomic E-state index is 12.3. The number of benzene rings is 1. The summed E-state index contributed by atoms with van der Waals surface area (Å²) in [7, 11) is 1.27. The van der Waals surface area contributed by atoms with Gasteiger partial charge in [-0.25, -0.2) is 14.6 Å². The molecular weight excluding hydrogens is 388 g/mol. The molecule has 2 N–H and O–H groups in total. The van der Waals surface area contributed by atoms with E-state index < -0.39 is 17.7 Å². The Morgan fingerprint density at radius 3 is 2.33 bits per heavy atom. The monoisotopic (exact) mass is 416 g/mol. The lowest BCUT2D eigenvalue weighted by Crippen LogP contribution is -2.50. The molecule has 30 heavy (non-hydrogen) atoms. The highest BCUT2D eigenvalue weighted by atomic mass is 16.6.